The maximum Gasteiger partial charge on any atom is 0.314 e. The fourth-order valence-corrected chi connectivity index (χ4v) is 2.24. The standard InChI is InChI=1S/C15H15ClN2O3/c1-10-4-3-5-14(15(10)18(19)20)21-13-7-6-12(16)8-11(13)9-17-2/h3-8,17H,9H2,1-2H3. The van der Waals surface area contributed by atoms with Crippen molar-refractivity contribution in [2.45, 2.75) is 13.5 Å². The molecule has 1 N–H and O–H groups in total. The van der Waals surface area contributed by atoms with Crippen LogP contribution in [0, 0.1) is 17.0 Å². The lowest BCUT2D eigenvalue weighted by Gasteiger charge is -2.12. The van der Waals surface area contributed by atoms with Crippen LogP contribution in [0.5, 0.6) is 11.5 Å². The first kappa shape index (κ1) is 15.3. The molecule has 5 nitrogen and oxygen atoms in total. The van der Waals surface area contributed by atoms with Gasteiger partial charge in [0.15, 0.2) is 0 Å². The minimum Gasteiger partial charge on any atom is -0.450 e. The molecule has 0 saturated heterocycles. The van der Waals surface area contributed by atoms with Gasteiger partial charge in [0.05, 0.1) is 4.92 Å². The predicted molar refractivity (Wildman–Crippen MR) is 82.1 cm³/mol. The summed E-state index contributed by atoms with van der Waals surface area (Å²) in [6.07, 6.45) is 0. The molecule has 0 atom stereocenters. The van der Waals surface area contributed by atoms with Gasteiger partial charge in [-0.15, -0.1) is 0 Å². The molecule has 21 heavy (non-hydrogen) atoms. The second-order valence-corrected chi connectivity index (χ2v) is 5.00. The highest BCUT2D eigenvalue weighted by molar-refractivity contribution is 6.30. The molecule has 0 heterocycles. The Balaban J connectivity index is 2.43. The number of rotatable bonds is 5. The van der Waals surface area contributed by atoms with E-state index in [4.69, 9.17) is 16.3 Å². The van der Waals surface area contributed by atoms with E-state index in [1.807, 2.05) is 0 Å². The monoisotopic (exact) mass is 306 g/mol. The second kappa shape index (κ2) is 6.56. The van der Waals surface area contributed by atoms with Crippen LogP contribution in [0.1, 0.15) is 11.1 Å². The van der Waals surface area contributed by atoms with E-state index in [0.29, 0.717) is 22.9 Å². The van der Waals surface area contributed by atoms with Crippen LogP contribution in [-0.2, 0) is 6.54 Å². The number of hydrogen-bond donors (Lipinski definition) is 1. The Morgan fingerprint density at radius 3 is 2.71 bits per heavy atom. The Morgan fingerprint density at radius 2 is 2.05 bits per heavy atom. The summed E-state index contributed by atoms with van der Waals surface area (Å²) >= 11 is 5.97. The van der Waals surface area contributed by atoms with Crippen LogP contribution in [0.2, 0.25) is 5.02 Å². The number of nitro groups is 1. The summed E-state index contributed by atoms with van der Waals surface area (Å²) in [5.74, 6) is 0.766. The Labute approximate surface area is 127 Å². The van der Waals surface area contributed by atoms with E-state index < -0.39 is 4.92 Å². The van der Waals surface area contributed by atoms with Crippen LogP contribution in [0.3, 0.4) is 0 Å². The molecule has 0 spiro atoms. The largest absolute Gasteiger partial charge is 0.450 e. The normalized spacial score (nSPS) is 10.4. The molecule has 0 aliphatic heterocycles. The Bertz CT molecular complexity index is 674. The molecule has 0 fully saturated rings. The van der Waals surface area contributed by atoms with Crippen molar-refractivity contribution in [2.24, 2.45) is 0 Å². The third-order valence-corrected chi connectivity index (χ3v) is 3.23. The van der Waals surface area contributed by atoms with Gasteiger partial charge in [-0.1, -0.05) is 23.7 Å². The second-order valence-electron chi connectivity index (χ2n) is 4.56. The van der Waals surface area contributed by atoms with Gasteiger partial charge in [-0.05, 0) is 38.2 Å². The smallest absolute Gasteiger partial charge is 0.314 e. The molecule has 110 valence electrons. The summed E-state index contributed by atoms with van der Waals surface area (Å²) in [5.41, 5.74) is 1.37. The number of halogens is 1. The molecule has 0 aliphatic carbocycles. The number of para-hydroxylation sites is 1. The number of nitrogens with zero attached hydrogens (tertiary/aromatic N) is 1. The van der Waals surface area contributed by atoms with E-state index in [9.17, 15) is 10.1 Å². The first-order chi connectivity index (χ1) is 10.0. The molecule has 0 radical (unpaired) electrons. The zero-order valence-electron chi connectivity index (χ0n) is 11.7. The zero-order chi connectivity index (χ0) is 15.4. The lowest BCUT2D eigenvalue weighted by atomic mass is 10.1. The molecule has 2 aromatic carbocycles. The van der Waals surface area contributed by atoms with Gasteiger partial charge in [-0.3, -0.25) is 10.1 Å². The highest BCUT2D eigenvalue weighted by Gasteiger charge is 2.19. The maximum absolute atomic E-state index is 11.2. The number of ether oxygens (including phenoxy) is 1. The molecular weight excluding hydrogens is 292 g/mol. The first-order valence-electron chi connectivity index (χ1n) is 6.38. The van der Waals surface area contributed by atoms with Crippen molar-refractivity contribution in [1.29, 1.82) is 0 Å². The Hall–Kier alpha value is -2.11. The van der Waals surface area contributed by atoms with E-state index in [2.05, 4.69) is 5.32 Å². The van der Waals surface area contributed by atoms with E-state index in [-0.39, 0.29) is 11.4 Å². The lowest BCUT2D eigenvalue weighted by Crippen LogP contribution is -2.06. The summed E-state index contributed by atoms with van der Waals surface area (Å²) < 4.78 is 5.75. The Morgan fingerprint density at radius 1 is 1.29 bits per heavy atom. The van der Waals surface area contributed by atoms with Gasteiger partial charge in [-0.25, -0.2) is 0 Å². The third-order valence-electron chi connectivity index (χ3n) is 2.99. The van der Waals surface area contributed by atoms with Crippen LogP contribution in [0.4, 0.5) is 5.69 Å². The van der Waals surface area contributed by atoms with Crippen LogP contribution < -0.4 is 10.1 Å². The van der Waals surface area contributed by atoms with Gasteiger partial charge in [0.2, 0.25) is 5.75 Å². The number of hydrogen-bond acceptors (Lipinski definition) is 4. The van der Waals surface area contributed by atoms with Gasteiger partial charge in [0, 0.05) is 22.7 Å². The quantitative estimate of drug-likeness (QED) is 0.668. The van der Waals surface area contributed by atoms with Crippen molar-refractivity contribution in [3.05, 3.63) is 62.7 Å². The molecule has 0 amide bonds. The Kier molecular flexibility index (Phi) is 4.77. The van der Waals surface area contributed by atoms with Crippen molar-refractivity contribution < 1.29 is 9.66 Å². The van der Waals surface area contributed by atoms with Crippen LogP contribution in [0.25, 0.3) is 0 Å². The number of aryl methyl sites for hydroxylation is 1. The number of nitrogens with one attached hydrogen (secondary N) is 1. The minimum absolute atomic E-state index is 0.0251. The van der Waals surface area contributed by atoms with Gasteiger partial charge in [0.1, 0.15) is 5.75 Å². The number of benzene rings is 2. The molecule has 0 bridgehead atoms. The van der Waals surface area contributed by atoms with Crippen molar-refractivity contribution in [2.75, 3.05) is 7.05 Å². The summed E-state index contributed by atoms with van der Waals surface area (Å²) in [5, 5.41) is 14.8. The molecule has 2 aromatic rings. The maximum atomic E-state index is 11.2. The molecule has 0 saturated carbocycles. The first-order valence-corrected chi connectivity index (χ1v) is 6.75. The van der Waals surface area contributed by atoms with Crippen molar-refractivity contribution in [3.8, 4) is 11.5 Å². The van der Waals surface area contributed by atoms with Gasteiger partial charge < -0.3 is 10.1 Å². The highest BCUT2D eigenvalue weighted by atomic mass is 35.5. The van der Waals surface area contributed by atoms with Crippen molar-refractivity contribution in [1.82, 2.24) is 5.32 Å². The predicted octanol–water partition coefficient (Wildman–Crippen LogP) is 4.07. The molecule has 0 aliphatic rings. The third kappa shape index (κ3) is 3.51. The van der Waals surface area contributed by atoms with Gasteiger partial charge in [-0.2, -0.15) is 0 Å². The zero-order valence-corrected chi connectivity index (χ0v) is 12.5. The summed E-state index contributed by atoms with van der Waals surface area (Å²) in [6.45, 7) is 2.23. The van der Waals surface area contributed by atoms with Crippen molar-refractivity contribution >= 4 is 17.3 Å². The molecular formula is C15H15ClN2O3. The topological polar surface area (TPSA) is 64.4 Å². The number of nitro benzene ring substituents is 1. The molecule has 6 heteroatoms. The highest BCUT2D eigenvalue weighted by Crippen LogP contribution is 2.35. The lowest BCUT2D eigenvalue weighted by molar-refractivity contribution is -0.386. The van der Waals surface area contributed by atoms with Gasteiger partial charge >= 0.3 is 5.69 Å². The average molecular weight is 307 g/mol. The molecule has 0 aromatic heterocycles. The van der Waals surface area contributed by atoms with E-state index in [0.717, 1.165) is 5.56 Å². The molecule has 2 rings (SSSR count). The SMILES string of the molecule is CNCc1cc(Cl)ccc1Oc1cccc(C)c1[N+](=O)[O-]. The van der Waals surface area contributed by atoms with Crippen molar-refractivity contribution in [3.63, 3.8) is 0 Å². The summed E-state index contributed by atoms with van der Waals surface area (Å²) in [4.78, 5) is 10.8. The van der Waals surface area contributed by atoms with Crippen LogP contribution in [-0.4, -0.2) is 12.0 Å². The van der Waals surface area contributed by atoms with Crippen LogP contribution >= 0.6 is 11.6 Å². The summed E-state index contributed by atoms with van der Waals surface area (Å²) in [7, 11) is 1.81. The average Bonchev–Trinajstić information content (AvgIpc) is 2.42. The fourth-order valence-electron chi connectivity index (χ4n) is 2.04. The summed E-state index contributed by atoms with van der Waals surface area (Å²) in [6, 6.07) is 10.2. The van der Waals surface area contributed by atoms with Crippen LogP contribution in [0.15, 0.2) is 36.4 Å². The van der Waals surface area contributed by atoms with Gasteiger partial charge in [0.25, 0.3) is 0 Å². The van der Waals surface area contributed by atoms with E-state index >= 15 is 0 Å². The van der Waals surface area contributed by atoms with E-state index in [1.54, 1.807) is 50.4 Å². The molecule has 0 unspecified atom stereocenters. The fraction of sp³-hybridized carbons (Fsp3) is 0.200. The van der Waals surface area contributed by atoms with E-state index in [1.165, 1.54) is 0 Å². The minimum atomic E-state index is -0.432.